The summed E-state index contributed by atoms with van der Waals surface area (Å²) in [5.41, 5.74) is 0.445. The normalized spacial score (nSPS) is 10.7. The maximum Gasteiger partial charge on any atom is 0.321 e. The predicted octanol–water partition coefficient (Wildman–Crippen LogP) is 1.76. The number of nitrogens with zero attached hydrogens (tertiary/aromatic N) is 2. The molecule has 0 aliphatic rings. The second kappa shape index (κ2) is 10.7. The number of para-hydroxylation sites is 1. The van der Waals surface area contributed by atoms with E-state index in [4.69, 9.17) is 4.74 Å². The van der Waals surface area contributed by atoms with Gasteiger partial charge in [-0.15, -0.1) is 0 Å². The molecule has 0 saturated carbocycles. The van der Waals surface area contributed by atoms with Crippen molar-refractivity contribution in [2.24, 2.45) is 0 Å². The number of amides is 3. The van der Waals surface area contributed by atoms with Gasteiger partial charge in [-0.05, 0) is 32.4 Å². The molecule has 0 aliphatic carbocycles. The summed E-state index contributed by atoms with van der Waals surface area (Å²) in [6.45, 7) is 5.81. The molecule has 9 heteroatoms. The highest BCUT2D eigenvalue weighted by Crippen LogP contribution is 2.17. The molecule has 2 rings (SSSR count). The number of hydrogen-bond acceptors (Lipinski definition) is 6. The topological polar surface area (TPSA) is 102 Å². The van der Waals surface area contributed by atoms with E-state index in [9.17, 15) is 14.4 Å². The van der Waals surface area contributed by atoms with E-state index in [2.05, 4.69) is 15.6 Å². The van der Waals surface area contributed by atoms with Crippen molar-refractivity contribution >= 4 is 34.6 Å². The van der Waals surface area contributed by atoms with Crippen molar-refractivity contribution in [3.05, 3.63) is 34.6 Å². The van der Waals surface area contributed by atoms with Gasteiger partial charge in [0.1, 0.15) is 0 Å². The van der Waals surface area contributed by atoms with Gasteiger partial charge in [0, 0.05) is 26.3 Å². The monoisotopic (exact) mass is 392 g/mol. The summed E-state index contributed by atoms with van der Waals surface area (Å²) in [7, 11) is 0. The third kappa shape index (κ3) is 6.07. The zero-order chi connectivity index (χ0) is 19.6. The van der Waals surface area contributed by atoms with Gasteiger partial charge < -0.3 is 10.1 Å². The molecule has 1 aromatic carbocycles. The molecule has 2 aromatic rings. The Balaban J connectivity index is 1.91. The van der Waals surface area contributed by atoms with E-state index < -0.39 is 11.9 Å². The number of carbonyl (C=O) groups is 2. The van der Waals surface area contributed by atoms with Crippen LogP contribution in [-0.2, 0) is 16.1 Å². The molecule has 0 spiro atoms. The number of aromatic nitrogens is 2. The summed E-state index contributed by atoms with van der Waals surface area (Å²) >= 11 is 1.13. The van der Waals surface area contributed by atoms with Crippen molar-refractivity contribution in [1.29, 1.82) is 0 Å². The van der Waals surface area contributed by atoms with E-state index in [1.165, 1.54) is 4.57 Å². The Kier molecular flexibility index (Phi) is 8.28. The number of rotatable bonds is 9. The lowest BCUT2D eigenvalue weighted by molar-refractivity contribution is -0.117. The van der Waals surface area contributed by atoms with E-state index in [1.807, 2.05) is 19.9 Å². The summed E-state index contributed by atoms with van der Waals surface area (Å²) in [6.07, 6.45) is 0.675. The van der Waals surface area contributed by atoms with Crippen molar-refractivity contribution in [1.82, 2.24) is 20.2 Å². The lowest BCUT2D eigenvalue weighted by Gasteiger charge is -2.11. The van der Waals surface area contributed by atoms with E-state index >= 15 is 0 Å². The molecular weight excluding hydrogens is 368 g/mol. The average molecular weight is 392 g/mol. The SMILES string of the molecule is CCOCCCNC(=O)NC(=O)CSc1nc2ccccc2c(=O)n1CC. The van der Waals surface area contributed by atoms with Crippen LogP contribution in [0.1, 0.15) is 20.3 Å². The van der Waals surface area contributed by atoms with Crippen LogP contribution in [0.4, 0.5) is 4.79 Å². The quantitative estimate of drug-likeness (QED) is 0.383. The lowest BCUT2D eigenvalue weighted by atomic mass is 10.2. The predicted molar refractivity (Wildman–Crippen MR) is 105 cm³/mol. The molecule has 8 nitrogen and oxygen atoms in total. The summed E-state index contributed by atoms with van der Waals surface area (Å²) in [6, 6.07) is 6.54. The minimum Gasteiger partial charge on any atom is -0.382 e. The van der Waals surface area contributed by atoms with Gasteiger partial charge in [0.2, 0.25) is 5.91 Å². The fraction of sp³-hybridized carbons (Fsp3) is 0.444. The van der Waals surface area contributed by atoms with E-state index in [0.29, 0.717) is 48.8 Å². The lowest BCUT2D eigenvalue weighted by Crippen LogP contribution is -2.41. The zero-order valence-electron chi connectivity index (χ0n) is 15.5. The third-order valence-electron chi connectivity index (χ3n) is 3.68. The van der Waals surface area contributed by atoms with Gasteiger partial charge in [-0.2, -0.15) is 0 Å². The van der Waals surface area contributed by atoms with Gasteiger partial charge in [0.05, 0.1) is 16.7 Å². The van der Waals surface area contributed by atoms with Crippen LogP contribution in [0.3, 0.4) is 0 Å². The number of fused-ring (bicyclic) bond motifs is 1. The Labute approximate surface area is 161 Å². The van der Waals surface area contributed by atoms with E-state index in [1.54, 1.807) is 18.2 Å². The maximum absolute atomic E-state index is 12.5. The van der Waals surface area contributed by atoms with Crippen LogP contribution in [0.25, 0.3) is 10.9 Å². The maximum atomic E-state index is 12.5. The molecule has 0 unspecified atom stereocenters. The molecule has 0 radical (unpaired) electrons. The summed E-state index contributed by atoms with van der Waals surface area (Å²) in [5.74, 6) is -0.468. The summed E-state index contributed by atoms with van der Waals surface area (Å²) in [4.78, 5) is 40.7. The molecular formula is C18H24N4O4S. The number of nitrogens with one attached hydrogen (secondary N) is 2. The Hall–Kier alpha value is -2.39. The van der Waals surface area contributed by atoms with Crippen LogP contribution < -0.4 is 16.2 Å². The second-order valence-electron chi connectivity index (χ2n) is 5.60. The number of carbonyl (C=O) groups excluding carboxylic acids is 2. The third-order valence-corrected chi connectivity index (χ3v) is 4.66. The van der Waals surface area contributed by atoms with Crippen molar-refractivity contribution < 1.29 is 14.3 Å². The molecule has 2 N–H and O–H groups in total. The van der Waals surface area contributed by atoms with Crippen molar-refractivity contribution in [2.75, 3.05) is 25.5 Å². The van der Waals surface area contributed by atoms with Crippen LogP contribution >= 0.6 is 11.8 Å². The smallest absolute Gasteiger partial charge is 0.321 e. The first-order valence-electron chi connectivity index (χ1n) is 8.84. The Morgan fingerprint density at radius 2 is 2.04 bits per heavy atom. The molecule has 146 valence electrons. The first-order chi connectivity index (χ1) is 13.1. The molecule has 1 aromatic heterocycles. The molecule has 3 amide bonds. The van der Waals surface area contributed by atoms with Crippen LogP contribution in [0, 0.1) is 0 Å². The first kappa shape index (κ1) is 20.9. The number of imide groups is 1. The Bertz CT molecular complexity index is 853. The Morgan fingerprint density at radius 3 is 2.78 bits per heavy atom. The van der Waals surface area contributed by atoms with E-state index in [0.717, 1.165) is 11.8 Å². The van der Waals surface area contributed by atoms with Gasteiger partial charge in [-0.25, -0.2) is 9.78 Å². The highest BCUT2D eigenvalue weighted by molar-refractivity contribution is 7.99. The van der Waals surface area contributed by atoms with Crippen molar-refractivity contribution in [3.8, 4) is 0 Å². The molecule has 0 atom stereocenters. The average Bonchev–Trinajstić information content (AvgIpc) is 2.66. The van der Waals surface area contributed by atoms with Gasteiger partial charge in [0.15, 0.2) is 5.16 Å². The molecule has 27 heavy (non-hydrogen) atoms. The first-order valence-corrected chi connectivity index (χ1v) is 9.83. The molecule has 0 fully saturated rings. The van der Waals surface area contributed by atoms with Crippen LogP contribution in [0.2, 0.25) is 0 Å². The fourth-order valence-electron chi connectivity index (χ4n) is 2.39. The highest BCUT2D eigenvalue weighted by Gasteiger charge is 2.13. The number of thioether (sulfide) groups is 1. The summed E-state index contributed by atoms with van der Waals surface area (Å²) < 4.78 is 6.69. The number of hydrogen-bond donors (Lipinski definition) is 2. The minimum atomic E-state index is -0.545. The molecule has 0 saturated heterocycles. The zero-order valence-corrected chi connectivity index (χ0v) is 16.3. The van der Waals surface area contributed by atoms with Crippen molar-refractivity contribution in [3.63, 3.8) is 0 Å². The van der Waals surface area contributed by atoms with Gasteiger partial charge in [-0.1, -0.05) is 23.9 Å². The minimum absolute atomic E-state index is 0.0167. The molecule has 0 aliphatic heterocycles. The van der Waals surface area contributed by atoms with Crippen molar-refractivity contribution in [2.45, 2.75) is 32.0 Å². The number of benzene rings is 1. The van der Waals surface area contributed by atoms with Gasteiger partial charge in [0.25, 0.3) is 5.56 Å². The highest BCUT2D eigenvalue weighted by atomic mass is 32.2. The van der Waals surface area contributed by atoms with Gasteiger partial charge >= 0.3 is 6.03 Å². The number of urea groups is 1. The standard InChI is InChI=1S/C18H24N4O4S/c1-3-22-16(24)13-8-5-6-9-14(13)20-18(22)27-12-15(23)21-17(25)19-10-7-11-26-4-2/h5-6,8-9H,3-4,7,10-12H2,1-2H3,(H2,19,21,23,25). The fourth-order valence-corrected chi connectivity index (χ4v) is 3.26. The molecule has 1 heterocycles. The van der Waals surface area contributed by atoms with Crippen LogP contribution in [0.5, 0.6) is 0 Å². The number of ether oxygens (including phenoxy) is 1. The molecule has 0 bridgehead atoms. The Morgan fingerprint density at radius 1 is 1.26 bits per heavy atom. The summed E-state index contributed by atoms with van der Waals surface area (Å²) in [5, 5.41) is 5.85. The van der Waals surface area contributed by atoms with Crippen LogP contribution in [-0.4, -0.2) is 47.0 Å². The second-order valence-corrected chi connectivity index (χ2v) is 6.55. The van der Waals surface area contributed by atoms with Crippen LogP contribution in [0.15, 0.2) is 34.2 Å². The largest absolute Gasteiger partial charge is 0.382 e. The van der Waals surface area contributed by atoms with E-state index in [-0.39, 0.29) is 11.3 Å². The van der Waals surface area contributed by atoms with Gasteiger partial charge in [-0.3, -0.25) is 19.5 Å².